The number of rotatable bonds is 4. The van der Waals surface area contributed by atoms with Crippen molar-refractivity contribution in [2.45, 2.75) is 6.54 Å². The number of piperazine rings is 1. The second kappa shape index (κ2) is 6.96. The molecule has 24 heavy (non-hydrogen) atoms. The first-order valence-electron chi connectivity index (χ1n) is 7.52. The standard InChI is InChI=1S/C15H17Cl2N5O2/c1-19-3-2-18-14(19)10-20-4-6-21(7-5-20)15-12(16)8-11(22(23)24)9-13(15)17/h2-3,8-9H,4-7,10H2,1H3. The Hall–Kier alpha value is -1.83. The molecule has 1 aromatic heterocycles. The highest BCUT2D eigenvalue weighted by molar-refractivity contribution is 6.39. The van der Waals surface area contributed by atoms with Gasteiger partial charge in [0.15, 0.2) is 0 Å². The molecule has 9 heteroatoms. The number of halogens is 2. The molecule has 1 fully saturated rings. The number of nitro benzene ring substituents is 1. The highest BCUT2D eigenvalue weighted by atomic mass is 35.5. The molecule has 0 N–H and O–H groups in total. The molecule has 0 radical (unpaired) electrons. The van der Waals surface area contributed by atoms with Crippen LogP contribution in [0.5, 0.6) is 0 Å². The number of anilines is 1. The molecule has 0 saturated carbocycles. The van der Waals surface area contributed by atoms with Crippen LogP contribution in [0.3, 0.4) is 0 Å². The summed E-state index contributed by atoms with van der Waals surface area (Å²) >= 11 is 12.5. The quantitative estimate of drug-likeness (QED) is 0.612. The number of hydrogen-bond acceptors (Lipinski definition) is 5. The van der Waals surface area contributed by atoms with Crippen molar-refractivity contribution in [1.29, 1.82) is 0 Å². The molecule has 0 unspecified atom stereocenters. The van der Waals surface area contributed by atoms with E-state index in [-0.39, 0.29) is 5.69 Å². The van der Waals surface area contributed by atoms with Crippen LogP contribution in [0, 0.1) is 10.1 Å². The lowest BCUT2D eigenvalue weighted by molar-refractivity contribution is -0.384. The Morgan fingerprint density at radius 1 is 1.21 bits per heavy atom. The zero-order chi connectivity index (χ0) is 17.3. The van der Waals surface area contributed by atoms with Gasteiger partial charge in [-0.1, -0.05) is 23.2 Å². The summed E-state index contributed by atoms with van der Waals surface area (Å²) in [6, 6.07) is 2.70. The largest absolute Gasteiger partial charge is 0.367 e. The summed E-state index contributed by atoms with van der Waals surface area (Å²) < 4.78 is 2.01. The summed E-state index contributed by atoms with van der Waals surface area (Å²) in [6.07, 6.45) is 3.73. The molecule has 0 aliphatic carbocycles. The van der Waals surface area contributed by atoms with Gasteiger partial charge in [-0.05, 0) is 0 Å². The van der Waals surface area contributed by atoms with Crippen LogP contribution >= 0.6 is 23.2 Å². The van der Waals surface area contributed by atoms with E-state index in [1.54, 1.807) is 6.20 Å². The second-order valence-corrected chi connectivity index (χ2v) is 6.55. The first-order valence-corrected chi connectivity index (χ1v) is 8.28. The first kappa shape index (κ1) is 17.0. The van der Waals surface area contributed by atoms with Crippen LogP contribution < -0.4 is 4.90 Å². The second-order valence-electron chi connectivity index (χ2n) is 5.73. The first-order chi connectivity index (χ1) is 11.5. The number of non-ortho nitro benzene ring substituents is 1. The van der Waals surface area contributed by atoms with E-state index in [1.165, 1.54) is 12.1 Å². The van der Waals surface area contributed by atoms with E-state index < -0.39 is 4.92 Å². The molecule has 1 aromatic carbocycles. The molecule has 0 atom stereocenters. The molecule has 3 rings (SSSR count). The van der Waals surface area contributed by atoms with Gasteiger partial charge in [-0.3, -0.25) is 15.0 Å². The molecular formula is C15H17Cl2N5O2. The van der Waals surface area contributed by atoms with Crippen molar-refractivity contribution in [2.24, 2.45) is 7.05 Å². The third-order valence-electron chi connectivity index (χ3n) is 4.19. The monoisotopic (exact) mass is 369 g/mol. The van der Waals surface area contributed by atoms with Crippen molar-refractivity contribution < 1.29 is 4.92 Å². The maximum atomic E-state index is 10.9. The Labute approximate surface area is 149 Å². The Morgan fingerprint density at radius 3 is 2.33 bits per heavy atom. The third kappa shape index (κ3) is 3.48. The van der Waals surface area contributed by atoms with E-state index in [9.17, 15) is 10.1 Å². The van der Waals surface area contributed by atoms with Crippen molar-refractivity contribution in [1.82, 2.24) is 14.5 Å². The Balaban J connectivity index is 1.69. The van der Waals surface area contributed by atoms with Gasteiger partial charge >= 0.3 is 0 Å². The van der Waals surface area contributed by atoms with Crippen LogP contribution in [0.1, 0.15) is 5.82 Å². The topological polar surface area (TPSA) is 67.4 Å². The van der Waals surface area contributed by atoms with Crippen molar-refractivity contribution in [2.75, 3.05) is 31.1 Å². The fourth-order valence-corrected chi connectivity index (χ4v) is 3.55. The smallest absolute Gasteiger partial charge is 0.272 e. The SMILES string of the molecule is Cn1ccnc1CN1CCN(c2c(Cl)cc([N+](=O)[O-])cc2Cl)CC1. The maximum Gasteiger partial charge on any atom is 0.272 e. The maximum absolute atomic E-state index is 10.9. The van der Waals surface area contributed by atoms with Gasteiger partial charge in [-0.25, -0.2) is 4.98 Å². The lowest BCUT2D eigenvalue weighted by atomic mass is 10.2. The number of aromatic nitrogens is 2. The third-order valence-corrected chi connectivity index (χ3v) is 4.76. The van der Waals surface area contributed by atoms with Gasteiger partial charge in [0.25, 0.3) is 5.69 Å². The number of aryl methyl sites for hydroxylation is 1. The van der Waals surface area contributed by atoms with Crippen molar-refractivity contribution in [3.63, 3.8) is 0 Å². The lowest BCUT2D eigenvalue weighted by Gasteiger charge is -2.36. The molecule has 1 saturated heterocycles. The van der Waals surface area contributed by atoms with Crippen LogP contribution in [-0.4, -0.2) is 45.6 Å². The predicted octanol–water partition coefficient (Wildman–Crippen LogP) is 2.96. The van der Waals surface area contributed by atoms with Crippen molar-refractivity contribution in [3.05, 3.63) is 50.5 Å². The average molecular weight is 370 g/mol. The normalized spacial score (nSPS) is 15.7. The minimum atomic E-state index is -0.494. The average Bonchev–Trinajstić information content (AvgIpc) is 2.93. The van der Waals surface area contributed by atoms with E-state index >= 15 is 0 Å². The van der Waals surface area contributed by atoms with Crippen LogP contribution in [0.4, 0.5) is 11.4 Å². The Morgan fingerprint density at radius 2 is 1.83 bits per heavy atom. The number of nitro groups is 1. The zero-order valence-corrected chi connectivity index (χ0v) is 14.7. The van der Waals surface area contributed by atoms with Crippen LogP contribution in [0.25, 0.3) is 0 Å². The van der Waals surface area contributed by atoms with Gasteiger partial charge in [0.2, 0.25) is 0 Å². The fourth-order valence-electron chi connectivity index (χ4n) is 2.84. The highest BCUT2D eigenvalue weighted by Gasteiger charge is 2.24. The number of imidazole rings is 1. The van der Waals surface area contributed by atoms with Gasteiger partial charge < -0.3 is 9.47 Å². The number of nitrogens with zero attached hydrogens (tertiary/aromatic N) is 5. The molecule has 0 amide bonds. The van der Waals surface area contributed by atoms with E-state index in [0.717, 1.165) is 38.5 Å². The van der Waals surface area contributed by atoms with Gasteiger partial charge in [-0.2, -0.15) is 0 Å². The number of hydrogen-bond donors (Lipinski definition) is 0. The minimum Gasteiger partial charge on any atom is -0.367 e. The van der Waals surface area contributed by atoms with E-state index in [4.69, 9.17) is 23.2 Å². The van der Waals surface area contributed by atoms with Gasteiger partial charge in [0, 0.05) is 57.8 Å². The van der Waals surface area contributed by atoms with Crippen molar-refractivity contribution in [3.8, 4) is 0 Å². The van der Waals surface area contributed by atoms with Crippen LogP contribution in [0.15, 0.2) is 24.5 Å². The molecule has 0 bridgehead atoms. The molecule has 2 heterocycles. The van der Waals surface area contributed by atoms with E-state index in [2.05, 4.69) is 14.8 Å². The Bertz CT molecular complexity index is 733. The summed E-state index contributed by atoms with van der Waals surface area (Å²) in [5, 5.41) is 11.5. The summed E-state index contributed by atoms with van der Waals surface area (Å²) in [5.41, 5.74) is 0.572. The fraction of sp³-hybridized carbons (Fsp3) is 0.400. The number of benzene rings is 1. The molecular weight excluding hydrogens is 353 g/mol. The summed E-state index contributed by atoms with van der Waals surface area (Å²) in [6.45, 7) is 3.98. The van der Waals surface area contributed by atoms with E-state index in [0.29, 0.717) is 15.7 Å². The lowest BCUT2D eigenvalue weighted by Crippen LogP contribution is -2.46. The Kier molecular flexibility index (Phi) is 4.93. The minimum absolute atomic E-state index is 0.0952. The molecule has 0 spiro atoms. The summed E-state index contributed by atoms with van der Waals surface area (Å²) in [7, 11) is 1.98. The molecule has 1 aliphatic heterocycles. The molecule has 1 aliphatic rings. The molecule has 128 valence electrons. The summed E-state index contributed by atoms with van der Waals surface area (Å²) in [5.74, 6) is 1.02. The van der Waals surface area contributed by atoms with Gasteiger partial charge in [-0.15, -0.1) is 0 Å². The highest BCUT2D eigenvalue weighted by Crippen LogP contribution is 2.37. The van der Waals surface area contributed by atoms with Gasteiger partial charge in [0.05, 0.1) is 27.2 Å². The van der Waals surface area contributed by atoms with Crippen molar-refractivity contribution >= 4 is 34.6 Å². The predicted molar refractivity (Wildman–Crippen MR) is 93.8 cm³/mol. The van der Waals surface area contributed by atoms with Crippen LogP contribution in [0.2, 0.25) is 10.0 Å². The molecule has 7 nitrogen and oxygen atoms in total. The van der Waals surface area contributed by atoms with Crippen LogP contribution in [-0.2, 0) is 13.6 Å². The zero-order valence-electron chi connectivity index (χ0n) is 13.2. The summed E-state index contributed by atoms with van der Waals surface area (Å²) in [4.78, 5) is 19.1. The van der Waals surface area contributed by atoms with E-state index in [1.807, 2.05) is 17.8 Å². The molecule has 2 aromatic rings. The van der Waals surface area contributed by atoms with Gasteiger partial charge in [0.1, 0.15) is 5.82 Å².